The smallest absolute Gasteiger partial charge is 0.323 e. The van der Waals surface area contributed by atoms with Crippen LogP contribution in [-0.4, -0.2) is 64.8 Å². The molecule has 0 aliphatic carbocycles. The van der Waals surface area contributed by atoms with E-state index in [0.29, 0.717) is 23.5 Å². The van der Waals surface area contributed by atoms with Gasteiger partial charge in [0.2, 0.25) is 5.95 Å². The first-order valence-corrected chi connectivity index (χ1v) is 16.8. The average molecular weight is 673 g/mol. The first-order valence-electron chi connectivity index (χ1n) is 16.8. The molecule has 0 radical (unpaired) electrons. The number of hydrogen-bond donors (Lipinski definition) is 3. The second-order valence-electron chi connectivity index (χ2n) is 12.3. The van der Waals surface area contributed by atoms with Gasteiger partial charge in [-0.05, 0) is 65.7 Å². The number of aliphatic hydroxyl groups is 1. The van der Waals surface area contributed by atoms with Gasteiger partial charge < -0.3 is 34.9 Å². The largest absolute Gasteiger partial charge is 0.457 e. The van der Waals surface area contributed by atoms with E-state index in [1.165, 1.54) is 0 Å². The molecule has 3 N–H and O–H groups in total. The van der Waals surface area contributed by atoms with Crippen LogP contribution >= 0.6 is 0 Å². The average Bonchev–Trinajstić information content (AvgIpc) is 3.17. The highest BCUT2D eigenvalue weighted by Gasteiger charge is 2.34. The van der Waals surface area contributed by atoms with Crippen LogP contribution in [0.25, 0.3) is 0 Å². The predicted molar refractivity (Wildman–Crippen MR) is 191 cm³/mol. The Balaban J connectivity index is 0.971. The fourth-order valence-corrected chi connectivity index (χ4v) is 6.15. The molecule has 0 spiro atoms. The molecule has 11 nitrogen and oxygen atoms in total. The van der Waals surface area contributed by atoms with E-state index in [-0.39, 0.29) is 24.8 Å². The number of nitrogens with zero attached hydrogens (tertiary/aromatic N) is 4. The van der Waals surface area contributed by atoms with Gasteiger partial charge in [-0.2, -0.15) is 0 Å². The van der Waals surface area contributed by atoms with Gasteiger partial charge >= 0.3 is 6.03 Å². The second kappa shape index (κ2) is 15.9. The number of hydrogen-bond acceptors (Lipinski definition) is 9. The standard InChI is InChI=1S/C39H40N6O5/c46-27-28-7-9-29(10-8-28)36-25-35(26-44-21-23-45(24-22-44)38-40-19-4-20-41-38)49-37(50-36)30-11-13-31(14-12-30)42-39(47)43-32-15-17-34(18-16-32)48-33-5-2-1-3-6-33/h1-20,35-37,46H,21-27H2,(H2,42,43,47). The quantitative estimate of drug-likeness (QED) is 0.148. The van der Waals surface area contributed by atoms with E-state index in [1.807, 2.05) is 97.1 Å². The van der Waals surface area contributed by atoms with Crippen molar-refractivity contribution < 1.29 is 24.1 Å². The SMILES string of the molecule is O=C(Nc1ccc(Oc2ccccc2)cc1)Nc1ccc(C2OC(CN3CCN(c4ncccn4)CC3)CC(c3ccc(CO)cc3)O2)cc1. The molecule has 5 aromatic rings. The summed E-state index contributed by atoms with van der Waals surface area (Å²) in [7, 11) is 0. The third-order valence-electron chi connectivity index (χ3n) is 8.82. The molecule has 3 unspecified atom stereocenters. The lowest BCUT2D eigenvalue weighted by Gasteiger charge is -2.40. The molecule has 2 fully saturated rings. The van der Waals surface area contributed by atoms with Crippen molar-refractivity contribution >= 4 is 23.4 Å². The van der Waals surface area contributed by atoms with Crippen LogP contribution < -0.4 is 20.3 Å². The minimum Gasteiger partial charge on any atom is -0.457 e. The van der Waals surface area contributed by atoms with Crippen LogP contribution in [0.2, 0.25) is 0 Å². The third-order valence-corrected chi connectivity index (χ3v) is 8.82. The molecule has 4 aromatic carbocycles. The molecule has 0 bridgehead atoms. The number of anilines is 3. The molecule has 256 valence electrons. The van der Waals surface area contributed by atoms with Gasteiger partial charge in [0.25, 0.3) is 0 Å². The van der Waals surface area contributed by atoms with E-state index < -0.39 is 6.29 Å². The molecule has 50 heavy (non-hydrogen) atoms. The molecule has 3 atom stereocenters. The van der Waals surface area contributed by atoms with E-state index in [2.05, 4.69) is 30.4 Å². The zero-order valence-electron chi connectivity index (χ0n) is 27.6. The summed E-state index contributed by atoms with van der Waals surface area (Å²) in [5.74, 6) is 2.19. The summed E-state index contributed by atoms with van der Waals surface area (Å²) in [4.78, 5) is 26.2. The Bertz CT molecular complexity index is 1800. The molecule has 0 saturated carbocycles. The number of urea groups is 1. The van der Waals surface area contributed by atoms with Crippen molar-refractivity contribution in [2.24, 2.45) is 0 Å². The number of aliphatic hydroxyl groups excluding tert-OH is 1. The molecule has 3 heterocycles. The number of ether oxygens (including phenoxy) is 3. The van der Waals surface area contributed by atoms with Crippen LogP contribution in [0.15, 0.2) is 122 Å². The van der Waals surface area contributed by atoms with Crippen molar-refractivity contribution in [3.05, 3.63) is 138 Å². The summed E-state index contributed by atoms with van der Waals surface area (Å²) < 4.78 is 18.9. The van der Waals surface area contributed by atoms with E-state index >= 15 is 0 Å². The normalized spacial score (nSPS) is 19.5. The molecule has 1 aromatic heterocycles. The van der Waals surface area contributed by atoms with E-state index in [0.717, 1.165) is 61.1 Å². The molecule has 2 aliphatic heterocycles. The van der Waals surface area contributed by atoms with Gasteiger partial charge in [0, 0.05) is 68.5 Å². The van der Waals surface area contributed by atoms with Crippen LogP contribution in [0, 0.1) is 0 Å². The summed E-state index contributed by atoms with van der Waals surface area (Å²) in [6, 6.07) is 33.6. The number of amides is 2. The van der Waals surface area contributed by atoms with E-state index in [9.17, 15) is 9.90 Å². The molecule has 7 rings (SSSR count). The fourth-order valence-electron chi connectivity index (χ4n) is 6.15. The third kappa shape index (κ3) is 8.63. The Labute approximate surface area is 291 Å². The van der Waals surface area contributed by atoms with Crippen molar-refractivity contribution in [1.29, 1.82) is 0 Å². The number of carbonyl (C=O) groups is 1. The van der Waals surface area contributed by atoms with Gasteiger partial charge in [-0.15, -0.1) is 0 Å². The maximum absolute atomic E-state index is 12.8. The summed E-state index contributed by atoms with van der Waals surface area (Å²) >= 11 is 0. The zero-order chi connectivity index (χ0) is 34.1. The number of benzene rings is 4. The molecule has 11 heteroatoms. The molecule has 2 aliphatic rings. The van der Waals surface area contributed by atoms with Gasteiger partial charge in [0.1, 0.15) is 11.5 Å². The van der Waals surface area contributed by atoms with Gasteiger partial charge in [0.05, 0.1) is 18.8 Å². The Morgan fingerprint density at radius 3 is 2.02 bits per heavy atom. The Hall–Kier alpha value is -5.33. The van der Waals surface area contributed by atoms with Gasteiger partial charge in [-0.1, -0.05) is 54.6 Å². The molecule has 2 saturated heterocycles. The first-order chi connectivity index (χ1) is 24.6. The summed E-state index contributed by atoms with van der Waals surface area (Å²) in [6.07, 6.45) is 3.42. The summed E-state index contributed by atoms with van der Waals surface area (Å²) in [6.45, 7) is 4.22. The lowest BCUT2D eigenvalue weighted by atomic mass is 9.99. The number of nitrogens with one attached hydrogen (secondary N) is 2. The lowest BCUT2D eigenvalue weighted by Crippen LogP contribution is -2.50. The zero-order valence-corrected chi connectivity index (χ0v) is 27.6. The van der Waals surface area contributed by atoms with Gasteiger partial charge in [-0.3, -0.25) is 4.90 Å². The van der Waals surface area contributed by atoms with Crippen molar-refractivity contribution in [3.63, 3.8) is 0 Å². The van der Waals surface area contributed by atoms with Crippen LogP contribution in [0.5, 0.6) is 11.5 Å². The van der Waals surface area contributed by atoms with Crippen LogP contribution in [-0.2, 0) is 16.1 Å². The Morgan fingerprint density at radius 2 is 1.36 bits per heavy atom. The minimum atomic E-state index is -0.588. The number of piperazine rings is 1. The van der Waals surface area contributed by atoms with Crippen LogP contribution in [0.3, 0.4) is 0 Å². The van der Waals surface area contributed by atoms with Gasteiger partial charge in [-0.25, -0.2) is 14.8 Å². The number of para-hydroxylation sites is 1. The minimum absolute atomic E-state index is 0.00539. The number of aromatic nitrogens is 2. The lowest BCUT2D eigenvalue weighted by molar-refractivity contribution is -0.253. The maximum Gasteiger partial charge on any atom is 0.323 e. The Kier molecular flexibility index (Phi) is 10.6. The fraction of sp³-hybridized carbons (Fsp3) is 0.256. The molecular weight excluding hydrogens is 632 g/mol. The number of rotatable bonds is 10. The van der Waals surface area contributed by atoms with Crippen molar-refractivity contribution in [2.75, 3.05) is 48.3 Å². The molecule has 2 amide bonds. The first kappa shape index (κ1) is 33.2. The maximum atomic E-state index is 12.8. The van der Waals surface area contributed by atoms with Crippen molar-refractivity contribution in [3.8, 4) is 11.5 Å². The summed E-state index contributed by atoms with van der Waals surface area (Å²) in [5.41, 5.74) is 4.04. The highest BCUT2D eigenvalue weighted by atomic mass is 16.7. The Morgan fingerprint density at radius 1 is 0.740 bits per heavy atom. The van der Waals surface area contributed by atoms with Crippen LogP contribution in [0.4, 0.5) is 22.1 Å². The topological polar surface area (TPSA) is 121 Å². The monoisotopic (exact) mass is 672 g/mol. The molecular formula is C39H40N6O5. The number of carbonyl (C=O) groups excluding carboxylic acids is 1. The predicted octanol–water partition coefficient (Wildman–Crippen LogP) is 6.77. The van der Waals surface area contributed by atoms with Crippen molar-refractivity contribution in [1.82, 2.24) is 14.9 Å². The van der Waals surface area contributed by atoms with E-state index in [1.54, 1.807) is 24.5 Å². The van der Waals surface area contributed by atoms with Crippen LogP contribution in [0.1, 0.15) is 35.5 Å². The van der Waals surface area contributed by atoms with Crippen molar-refractivity contribution in [2.45, 2.75) is 31.5 Å². The summed E-state index contributed by atoms with van der Waals surface area (Å²) in [5, 5.41) is 15.3. The van der Waals surface area contributed by atoms with E-state index in [4.69, 9.17) is 14.2 Å². The second-order valence-corrected chi connectivity index (χ2v) is 12.3. The highest BCUT2D eigenvalue weighted by molar-refractivity contribution is 5.99. The highest BCUT2D eigenvalue weighted by Crippen LogP contribution is 2.38. The van der Waals surface area contributed by atoms with Gasteiger partial charge in [0.15, 0.2) is 6.29 Å².